The topological polar surface area (TPSA) is 46.3 Å². The normalized spacial score (nSPS) is 21.9. The fourth-order valence-corrected chi connectivity index (χ4v) is 2.02. The number of hydrogen-bond donors (Lipinski definition) is 1. The van der Waals surface area contributed by atoms with Gasteiger partial charge in [-0.25, -0.2) is 0 Å². The van der Waals surface area contributed by atoms with Gasteiger partial charge in [0.2, 0.25) is 5.91 Å². The number of amides is 1. The number of alkyl halides is 1. The van der Waals surface area contributed by atoms with Gasteiger partial charge in [-0.1, -0.05) is 22.6 Å². The third-order valence-electron chi connectivity index (χ3n) is 2.16. The van der Waals surface area contributed by atoms with Crippen molar-refractivity contribution in [3.63, 3.8) is 0 Å². The van der Waals surface area contributed by atoms with Crippen molar-refractivity contribution in [3.05, 3.63) is 0 Å². The minimum absolute atomic E-state index is 0.127. The van der Waals surface area contributed by atoms with Crippen molar-refractivity contribution >= 4 is 28.5 Å². The number of primary amides is 1. The summed E-state index contributed by atoms with van der Waals surface area (Å²) in [6.45, 7) is 2.05. The van der Waals surface area contributed by atoms with Crippen LogP contribution in [0.1, 0.15) is 12.8 Å². The molecule has 0 aromatic heterocycles. The van der Waals surface area contributed by atoms with E-state index in [0.29, 0.717) is 0 Å². The zero-order chi connectivity index (χ0) is 8.27. The molecule has 64 valence electrons. The van der Waals surface area contributed by atoms with Gasteiger partial charge in [-0.3, -0.25) is 9.69 Å². The fraction of sp³-hybridized carbons (Fsp3) is 0.857. The first-order valence-corrected chi connectivity index (χ1v) is 5.34. The molecular formula is C7H13IN2O. The number of rotatable bonds is 2. The van der Waals surface area contributed by atoms with Crippen LogP contribution < -0.4 is 5.73 Å². The molecule has 1 saturated heterocycles. The van der Waals surface area contributed by atoms with E-state index in [1.807, 2.05) is 0 Å². The van der Waals surface area contributed by atoms with Crippen LogP contribution in [0, 0.1) is 5.92 Å². The summed E-state index contributed by atoms with van der Waals surface area (Å²) in [5, 5.41) is 0. The van der Waals surface area contributed by atoms with Crippen molar-refractivity contribution in [1.29, 1.82) is 0 Å². The summed E-state index contributed by atoms with van der Waals surface area (Å²) in [4.78, 5) is 13.1. The average molecular weight is 268 g/mol. The zero-order valence-corrected chi connectivity index (χ0v) is 8.58. The van der Waals surface area contributed by atoms with E-state index in [1.165, 1.54) is 0 Å². The Morgan fingerprint density at radius 2 is 2.09 bits per heavy atom. The van der Waals surface area contributed by atoms with E-state index in [4.69, 9.17) is 5.73 Å². The fourth-order valence-electron chi connectivity index (χ4n) is 1.34. The lowest BCUT2D eigenvalue weighted by molar-refractivity contribution is -0.123. The van der Waals surface area contributed by atoms with Crippen LogP contribution in [0.2, 0.25) is 0 Å². The molecule has 4 heteroatoms. The maximum atomic E-state index is 10.8. The predicted octanol–water partition coefficient (Wildman–Crippen LogP) is 0.576. The van der Waals surface area contributed by atoms with Crippen LogP contribution in [0.15, 0.2) is 0 Å². The van der Waals surface area contributed by atoms with Gasteiger partial charge in [0.25, 0.3) is 0 Å². The monoisotopic (exact) mass is 268 g/mol. The van der Waals surface area contributed by atoms with Gasteiger partial charge >= 0.3 is 0 Å². The number of piperidine rings is 1. The van der Waals surface area contributed by atoms with Crippen molar-refractivity contribution in [2.45, 2.75) is 12.8 Å². The van der Waals surface area contributed by atoms with Gasteiger partial charge in [0.05, 0.1) is 4.55 Å². The summed E-state index contributed by atoms with van der Waals surface area (Å²) >= 11 is 2.34. The van der Waals surface area contributed by atoms with E-state index in [-0.39, 0.29) is 11.8 Å². The van der Waals surface area contributed by atoms with Crippen LogP contribution in [-0.4, -0.2) is 28.4 Å². The molecule has 0 saturated carbocycles. The summed E-state index contributed by atoms with van der Waals surface area (Å²) in [5.41, 5.74) is 5.19. The van der Waals surface area contributed by atoms with Crippen LogP contribution in [0.25, 0.3) is 0 Å². The first-order chi connectivity index (χ1) is 5.24. The maximum absolute atomic E-state index is 10.8. The molecule has 1 heterocycles. The molecule has 2 N–H and O–H groups in total. The van der Waals surface area contributed by atoms with Gasteiger partial charge in [-0.05, 0) is 25.9 Å². The number of nitrogens with two attached hydrogens (primary N) is 1. The van der Waals surface area contributed by atoms with Crippen molar-refractivity contribution < 1.29 is 4.79 Å². The standard InChI is InChI=1S/C7H13IN2O/c8-5-10-3-1-6(2-4-10)7(9)11/h6H,1-5H2,(H2,9,11). The van der Waals surface area contributed by atoms with Crippen LogP contribution >= 0.6 is 22.6 Å². The minimum atomic E-state index is -0.127. The van der Waals surface area contributed by atoms with Gasteiger partial charge in [0.1, 0.15) is 0 Å². The van der Waals surface area contributed by atoms with E-state index < -0.39 is 0 Å². The molecule has 0 radical (unpaired) electrons. The van der Waals surface area contributed by atoms with Crippen molar-refractivity contribution in [1.82, 2.24) is 4.90 Å². The van der Waals surface area contributed by atoms with E-state index in [2.05, 4.69) is 27.5 Å². The largest absolute Gasteiger partial charge is 0.369 e. The maximum Gasteiger partial charge on any atom is 0.220 e. The Morgan fingerprint density at radius 1 is 1.55 bits per heavy atom. The summed E-state index contributed by atoms with van der Waals surface area (Å²) in [5.74, 6) is 0.00677. The van der Waals surface area contributed by atoms with Crippen LogP contribution in [-0.2, 0) is 4.79 Å². The van der Waals surface area contributed by atoms with Crippen molar-refractivity contribution in [2.24, 2.45) is 11.7 Å². The van der Waals surface area contributed by atoms with Crippen LogP contribution in [0.5, 0.6) is 0 Å². The summed E-state index contributed by atoms with van der Waals surface area (Å²) in [7, 11) is 0. The third kappa shape index (κ3) is 2.59. The number of halogens is 1. The van der Waals surface area contributed by atoms with Gasteiger partial charge in [0.15, 0.2) is 0 Å². The van der Waals surface area contributed by atoms with Gasteiger partial charge in [-0.15, -0.1) is 0 Å². The van der Waals surface area contributed by atoms with E-state index in [1.54, 1.807) is 0 Å². The number of hydrogen-bond acceptors (Lipinski definition) is 2. The molecule has 1 amide bonds. The van der Waals surface area contributed by atoms with E-state index >= 15 is 0 Å². The smallest absolute Gasteiger partial charge is 0.220 e. The minimum Gasteiger partial charge on any atom is -0.369 e. The predicted molar refractivity (Wildman–Crippen MR) is 52.4 cm³/mol. The lowest BCUT2D eigenvalue weighted by atomic mass is 9.97. The van der Waals surface area contributed by atoms with Crippen LogP contribution in [0.3, 0.4) is 0 Å². The number of nitrogens with zero attached hydrogens (tertiary/aromatic N) is 1. The molecule has 1 rings (SSSR count). The van der Waals surface area contributed by atoms with E-state index in [9.17, 15) is 4.79 Å². The Hall–Kier alpha value is 0.160. The zero-order valence-electron chi connectivity index (χ0n) is 6.42. The summed E-state index contributed by atoms with van der Waals surface area (Å²) < 4.78 is 1.06. The second kappa shape index (κ2) is 4.25. The Balaban J connectivity index is 2.30. The highest BCUT2D eigenvalue weighted by Gasteiger charge is 2.21. The highest BCUT2D eigenvalue weighted by Crippen LogP contribution is 2.16. The molecule has 1 aliphatic heterocycles. The molecule has 3 nitrogen and oxygen atoms in total. The molecular weight excluding hydrogens is 255 g/mol. The molecule has 0 unspecified atom stereocenters. The molecule has 11 heavy (non-hydrogen) atoms. The molecule has 0 spiro atoms. The molecule has 1 aliphatic rings. The van der Waals surface area contributed by atoms with Gasteiger partial charge in [-0.2, -0.15) is 0 Å². The number of likely N-dealkylation sites (tertiary alicyclic amines) is 1. The lowest BCUT2D eigenvalue weighted by Crippen LogP contribution is -2.37. The number of carbonyl (C=O) groups is 1. The first-order valence-electron chi connectivity index (χ1n) is 3.81. The Bertz CT molecular complexity index is 143. The van der Waals surface area contributed by atoms with Crippen molar-refractivity contribution in [2.75, 3.05) is 17.6 Å². The first kappa shape index (κ1) is 9.25. The molecule has 1 fully saturated rings. The molecule has 0 aliphatic carbocycles. The van der Waals surface area contributed by atoms with Crippen molar-refractivity contribution in [3.8, 4) is 0 Å². The van der Waals surface area contributed by atoms with Crippen LogP contribution in [0.4, 0.5) is 0 Å². The molecule has 0 atom stereocenters. The van der Waals surface area contributed by atoms with Gasteiger partial charge in [0, 0.05) is 5.92 Å². The van der Waals surface area contributed by atoms with E-state index in [0.717, 1.165) is 30.5 Å². The highest BCUT2D eigenvalue weighted by atomic mass is 127. The Morgan fingerprint density at radius 3 is 2.45 bits per heavy atom. The molecule has 0 aromatic carbocycles. The highest BCUT2D eigenvalue weighted by molar-refractivity contribution is 14.1. The molecule has 0 bridgehead atoms. The quantitative estimate of drug-likeness (QED) is 0.452. The second-order valence-corrected chi connectivity index (χ2v) is 3.60. The SMILES string of the molecule is NC(=O)C1CCN(CI)CC1. The third-order valence-corrected chi connectivity index (χ3v) is 3.12. The number of carbonyl (C=O) groups excluding carboxylic acids is 1. The second-order valence-electron chi connectivity index (χ2n) is 2.91. The average Bonchev–Trinajstić information content (AvgIpc) is 2.05. The Labute approximate surface area is 80.4 Å². The Kier molecular flexibility index (Phi) is 3.58. The molecule has 0 aromatic rings. The lowest BCUT2D eigenvalue weighted by Gasteiger charge is -2.28. The summed E-state index contributed by atoms with van der Waals surface area (Å²) in [6.07, 6.45) is 1.89. The summed E-state index contributed by atoms with van der Waals surface area (Å²) in [6, 6.07) is 0. The van der Waals surface area contributed by atoms with Gasteiger partial charge < -0.3 is 5.73 Å².